The van der Waals surface area contributed by atoms with E-state index in [2.05, 4.69) is 20.6 Å². The zero-order valence-electron chi connectivity index (χ0n) is 12.1. The highest BCUT2D eigenvalue weighted by Crippen LogP contribution is 2.27. The summed E-state index contributed by atoms with van der Waals surface area (Å²) in [5.41, 5.74) is 0.568. The van der Waals surface area contributed by atoms with E-state index in [1.54, 1.807) is 11.1 Å². The minimum Gasteiger partial charge on any atom is -0.341 e. The van der Waals surface area contributed by atoms with Crippen molar-refractivity contribution >= 4 is 29.2 Å². The maximum atomic E-state index is 11.8. The summed E-state index contributed by atoms with van der Waals surface area (Å²) in [6.07, 6.45) is 2.98. The standard InChI is InChI=1S/C13H16N6O3/c1-8(3-18-4-10(20)17-11(21)5-18)19-6-12(22)16-9-2-14-7-15-13(9)19/h2,7-8H,3-6H2,1H3,(H,16,22)(H,17,20,21)/t8-/m0/s1. The van der Waals surface area contributed by atoms with E-state index >= 15 is 0 Å². The number of amides is 3. The number of piperazine rings is 1. The van der Waals surface area contributed by atoms with Gasteiger partial charge in [0.25, 0.3) is 0 Å². The predicted molar refractivity (Wildman–Crippen MR) is 77.1 cm³/mol. The summed E-state index contributed by atoms with van der Waals surface area (Å²) < 4.78 is 0. The quantitative estimate of drug-likeness (QED) is 0.660. The van der Waals surface area contributed by atoms with Gasteiger partial charge in [-0.3, -0.25) is 24.6 Å². The molecule has 3 amide bonds. The maximum Gasteiger partial charge on any atom is 0.244 e. The number of nitrogens with zero attached hydrogens (tertiary/aromatic N) is 4. The molecule has 0 unspecified atom stereocenters. The lowest BCUT2D eigenvalue weighted by molar-refractivity contribution is -0.136. The molecule has 9 heteroatoms. The Morgan fingerprint density at radius 1 is 1.14 bits per heavy atom. The first-order valence-corrected chi connectivity index (χ1v) is 6.94. The molecule has 0 aliphatic carbocycles. The van der Waals surface area contributed by atoms with Gasteiger partial charge in [0.15, 0.2) is 5.82 Å². The van der Waals surface area contributed by atoms with Crippen LogP contribution in [-0.4, -0.2) is 64.8 Å². The van der Waals surface area contributed by atoms with Crippen LogP contribution in [0.25, 0.3) is 0 Å². The van der Waals surface area contributed by atoms with Gasteiger partial charge >= 0.3 is 0 Å². The Morgan fingerprint density at radius 2 is 1.82 bits per heavy atom. The minimum absolute atomic E-state index is 0.0848. The number of rotatable bonds is 3. The van der Waals surface area contributed by atoms with E-state index in [0.29, 0.717) is 18.1 Å². The van der Waals surface area contributed by atoms with Crippen LogP contribution in [0.4, 0.5) is 11.5 Å². The predicted octanol–water partition coefficient (Wildman–Crippen LogP) is -1.42. The van der Waals surface area contributed by atoms with Crippen LogP contribution in [0, 0.1) is 0 Å². The van der Waals surface area contributed by atoms with E-state index in [4.69, 9.17) is 0 Å². The van der Waals surface area contributed by atoms with Crippen molar-refractivity contribution in [3.05, 3.63) is 12.5 Å². The second-order valence-corrected chi connectivity index (χ2v) is 5.43. The molecule has 22 heavy (non-hydrogen) atoms. The Kier molecular flexibility index (Phi) is 3.72. The van der Waals surface area contributed by atoms with Gasteiger partial charge in [0.05, 0.1) is 25.8 Å². The van der Waals surface area contributed by atoms with E-state index in [1.807, 2.05) is 11.8 Å². The van der Waals surface area contributed by atoms with Gasteiger partial charge in [-0.2, -0.15) is 0 Å². The number of aromatic nitrogens is 2. The summed E-state index contributed by atoms with van der Waals surface area (Å²) >= 11 is 0. The number of fused-ring (bicyclic) bond motifs is 1. The van der Waals surface area contributed by atoms with E-state index < -0.39 is 0 Å². The molecule has 3 heterocycles. The number of hydrogen-bond donors (Lipinski definition) is 2. The molecule has 1 aromatic heterocycles. The summed E-state index contributed by atoms with van der Waals surface area (Å²) in [6.45, 7) is 2.94. The van der Waals surface area contributed by atoms with Gasteiger partial charge in [-0.25, -0.2) is 9.97 Å². The molecular formula is C13H16N6O3. The number of hydrogen-bond acceptors (Lipinski definition) is 7. The summed E-state index contributed by atoms with van der Waals surface area (Å²) in [5.74, 6) is -0.0957. The number of anilines is 2. The van der Waals surface area contributed by atoms with Gasteiger partial charge in [0, 0.05) is 12.6 Å². The molecule has 0 saturated carbocycles. The Morgan fingerprint density at radius 3 is 2.55 bits per heavy atom. The zero-order valence-corrected chi connectivity index (χ0v) is 12.1. The van der Waals surface area contributed by atoms with Crippen LogP contribution in [0.5, 0.6) is 0 Å². The lowest BCUT2D eigenvalue weighted by atomic mass is 10.2. The third kappa shape index (κ3) is 2.89. The molecule has 2 aliphatic rings. The lowest BCUT2D eigenvalue weighted by Crippen LogP contribution is -2.55. The largest absolute Gasteiger partial charge is 0.341 e. The van der Waals surface area contributed by atoms with E-state index in [1.165, 1.54) is 6.33 Å². The van der Waals surface area contributed by atoms with Gasteiger partial charge in [0.2, 0.25) is 17.7 Å². The number of carbonyl (C=O) groups excluding carboxylic acids is 3. The van der Waals surface area contributed by atoms with Crippen molar-refractivity contribution in [2.75, 3.05) is 36.4 Å². The Balaban J connectivity index is 1.75. The summed E-state index contributed by atoms with van der Waals surface area (Å²) in [5, 5.41) is 4.99. The lowest BCUT2D eigenvalue weighted by Gasteiger charge is -2.37. The molecule has 1 saturated heterocycles. The van der Waals surface area contributed by atoms with Crippen molar-refractivity contribution < 1.29 is 14.4 Å². The molecule has 1 fully saturated rings. The highest BCUT2D eigenvalue weighted by molar-refractivity contribution is 6.00. The second kappa shape index (κ2) is 5.68. The van der Waals surface area contributed by atoms with Crippen molar-refractivity contribution in [3.8, 4) is 0 Å². The zero-order chi connectivity index (χ0) is 15.7. The van der Waals surface area contributed by atoms with Gasteiger partial charge in [-0.1, -0.05) is 0 Å². The van der Waals surface area contributed by atoms with Gasteiger partial charge in [-0.15, -0.1) is 0 Å². The van der Waals surface area contributed by atoms with Crippen molar-refractivity contribution in [2.24, 2.45) is 0 Å². The van der Waals surface area contributed by atoms with Gasteiger partial charge < -0.3 is 10.2 Å². The smallest absolute Gasteiger partial charge is 0.244 e. The molecule has 0 spiro atoms. The third-order valence-electron chi connectivity index (χ3n) is 3.62. The highest BCUT2D eigenvalue weighted by atomic mass is 16.2. The van der Waals surface area contributed by atoms with Crippen molar-refractivity contribution in [2.45, 2.75) is 13.0 Å². The van der Waals surface area contributed by atoms with Crippen molar-refractivity contribution in [3.63, 3.8) is 0 Å². The van der Waals surface area contributed by atoms with Gasteiger partial charge in [-0.05, 0) is 6.92 Å². The SMILES string of the molecule is C[C@@H](CN1CC(=O)NC(=O)C1)N1CC(=O)Nc2cncnc21. The van der Waals surface area contributed by atoms with Gasteiger partial charge in [0.1, 0.15) is 12.0 Å². The summed E-state index contributed by atoms with van der Waals surface area (Å²) in [4.78, 5) is 46.4. The van der Waals surface area contributed by atoms with Crippen molar-refractivity contribution in [1.82, 2.24) is 20.2 Å². The fourth-order valence-corrected chi connectivity index (χ4v) is 2.72. The highest BCUT2D eigenvalue weighted by Gasteiger charge is 2.30. The first kappa shape index (κ1) is 14.4. The van der Waals surface area contributed by atoms with Crippen LogP contribution < -0.4 is 15.5 Å². The van der Waals surface area contributed by atoms with E-state index in [0.717, 1.165) is 0 Å². The average Bonchev–Trinajstić information content (AvgIpc) is 2.45. The summed E-state index contributed by atoms with van der Waals surface area (Å²) in [7, 11) is 0. The average molecular weight is 304 g/mol. The molecule has 0 bridgehead atoms. The van der Waals surface area contributed by atoms with E-state index in [9.17, 15) is 14.4 Å². The molecule has 2 N–H and O–H groups in total. The van der Waals surface area contributed by atoms with Crippen LogP contribution in [0.15, 0.2) is 12.5 Å². The first-order valence-electron chi connectivity index (χ1n) is 6.94. The maximum absolute atomic E-state index is 11.8. The first-order chi connectivity index (χ1) is 10.5. The molecule has 0 radical (unpaired) electrons. The molecule has 116 valence electrons. The number of imide groups is 1. The Bertz CT molecular complexity index is 618. The molecule has 1 atom stereocenters. The Hall–Kier alpha value is -2.55. The second-order valence-electron chi connectivity index (χ2n) is 5.43. The van der Waals surface area contributed by atoms with Crippen LogP contribution in [-0.2, 0) is 14.4 Å². The Labute approximate surface area is 126 Å². The fraction of sp³-hybridized carbons (Fsp3) is 0.462. The third-order valence-corrected chi connectivity index (χ3v) is 3.62. The normalized spacial score (nSPS) is 20.2. The molecule has 1 aromatic rings. The molecule has 2 aliphatic heterocycles. The summed E-state index contributed by atoms with van der Waals surface area (Å²) in [6, 6.07) is -0.0848. The van der Waals surface area contributed by atoms with Crippen LogP contribution >= 0.6 is 0 Å². The van der Waals surface area contributed by atoms with E-state index in [-0.39, 0.29) is 43.4 Å². The molecule has 9 nitrogen and oxygen atoms in total. The van der Waals surface area contributed by atoms with Crippen LogP contribution in [0.1, 0.15) is 6.92 Å². The van der Waals surface area contributed by atoms with Crippen molar-refractivity contribution in [1.29, 1.82) is 0 Å². The van der Waals surface area contributed by atoms with Crippen LogP contribution in [0.2, 0.25) is 0 Å². The number of carbonyl (C=O) groups is 3. The fourth-order valence-electron chi connectivity index (χ4n) is 2.72. The topological polar surface area (TPSA) is 108 Å². The molecule has 0 aromatic carbocycles. The molecular weight excluding hydrogens is 288 g/mol. The number of nitrogens with one attached hydrogen (secondary N) is 2. The minimum atomic E-state index is -0.303. The molecule has 3 rings (SSSR count). The van der Waals surface area contributed by atoms with Crippen LogP contribution in [0.3, 0.4) is 0 Å². The monoisotopic (exact) mass is 304 g/mol.